The Morgan fingerprint density at radius 3 is 2.63 bits per heavy atom. The van der Waals surface area contributed by atoms with E-state index < -0.39 is 0 Å². The second kappa shape index (κ2) is 5.94. The highest BCUT2D eigenvalue weighted by atomic mass is 32.1. The van der Waals surface area contributed by atoms with Gasteiger partial charge in [-0.25, -0.2) is 20.8 Å². The molecule has 19 heavy (non-hydrogen) atoms. The molecule has 7 heteroatoms. The zero-order valence-corrected chi connectivity index (χ0v) is 12.1. The number of rotatable bonds is 5. The monoisotopic (exact) mass is 278 g/mol. The number of hydrogen-bond donors (Lipinski definition) is 3. The minimum Gasteiger partial charge on any atom is -0.363 e. The Morgan fingerprint density at radius 2 is 2.05 bits per heavy atom. The topological polar surface area (TPSA) is 88.8 Å². The molecular formula is C12H18N6S. The predicted octanol–water partition coefficient (Wildman–Crippen LogP) is 2.26. The van der Waals surface area contributed by atoms with Crippen molar-refractivity contribution in [1.29, 1.82) is 0 Å². The molecule has 102 valence electrons. The predicted molar refractivity (Wildman–Crippen MR) is 78.1 cm³/mol. The van der Waals surface area contributed by atoms with Gasteiger partial charge in [-0.3, -0.25) is 0 Å². The summed E-state index contributed by atoms with van der Waals surface area (Å²) in [4.78, 5) is 12.8. The number of hydrogen-bond acceptors (Lipinski definition) is 7. The summed E-state index contributed by atoms with van der Waals surface area (Å²) in [5.41, 5.74) is 4.64. The van der Waals surface area contributed by atoms with Gasteiger partial charge in [-0.05, 0) is 12.8 Å². The minimum absolute atomic E-state index is 0.271. The molecule has 2 rings (SSSR count). The number of nitrogens with one attached hydrogen (secondary N) is 2. The van der Waals surface area contributed by atoms with Gasteiger partial charge in [0.05, 0.1) is 6.54 Å². The molecule has 4 N–H and O–H groups in total. The fraction of sp³-hybridized carbons (Fsp3) is 0.417. The highest BCUT2D eigenvalue weighted by Gasteiger charge is 2.14. The lowest BCUT2D eigenvalue weighted by Gasteiger charge is -2.15. The van der Waals surface area contributed by atoms with Crippen LogP contribution in [0.3, 0.4) is 0 Å². The molecule has 2 aromatic rings. The second-order valence-electron chi connectivity index (χ2n) is 4.52. The summed E-state index contributed by atoms with van der Waals surface area (Å²) < 4.78 is 0. The highest BCUT2D eigenvalue weighted by molar-refractivity contribution is 7.09. The van der Waals surface area contributed by atoms with Gasteiger partial charge in [-0.15, -0.1) is 11.3 Å². The number of anilines is 2. The summed E-state index contributed by atoms with van der Waals surface area (Å²) in [5.74, 6) is 7.21. The molecule has 0 atom stereocenters. The van der Waals surface area contributed by atoms with Crippen LogP contribution in [0.5, 0.6) is 0 Å². The van der Waals surface area contributed by atoms with Gasteiger partial charge in [0.25, 0.3) is 0 Å². The molecule has 0 radical (unpaired) electrons. The number of hydrazine groups is 1. The first-order valence-electron chi connectivity index (χ1n) is 6.08. The molecule has 0 spiro atoms. The quantitative estimate of drug-likeness (QED) is 0.574. The van der Waals surface area contributed by atoms with Crippen molar-refractivity contribution < 1.29 is 0 Å². The number of thiazole rings is 1. The summed E-state index contributed by atoms with van der Waals surface area (Å²) in [6.45, 7) is 6.80. The van der Waals surface area contributed by atoms with Crippen molar-refractivity contribution in [3.05, 3.63) is 28.0 Å². The van der Waals surface area contributed by atoms with Crippen molar-refractivity contribution in [2.24, 2.45) is 5.84 Å². The van der Waals surface area contributed by atoms with Gasteiger partial charge in [0, 0.05) is 16.6 Å². The van der Waals surface area contributed by atoms with Gasteiger partial charge in [0.15, 0.2) is 0 Å². The average molecular weight is 278 g/mol. The number of aromatic nitrogens is 3. The molecule has 0 saturated heterocycles. The molecule has 0 unspecified atom stereocenters. The van der Waals surface area contributed by atoms with Crippen LogP contribution in [0, 0.1) is 6.92 Å². The molecule has 2 aromatic heterocycles. The van der Waals surface area contributed by atoms with E-state index in [1.165, 1.54) is 6.33 Å². The fourth-order valence-corrected chi connectivity index (χ4v) is 2.55. The molecule has 0 fully saturated rings. The maximum atomic E-state index is 5.49. The minimum atomic E-state index is 0.271. The van der Waals surface area contributed by atoms with E-state index in [0.29, 0.717) is 12.4 Å². The molecule has 0 aliphatic rings. The third kappa shape index (κ3) is 3.18. The van der Waals surface area contributed by atoms with Crippen molar-refractivity contribution in [1.82, 2.24) is 15.0 Å². The zero-order chi connectivity index (χ0) is 13.8. The fourth-order valence-electron chi connectivity index (χ4n) is 1.84. The van der Waals surface area contributed by atoms with Crippen molar-refractivity contribution >= 4 is 23.0 Å². The number of nitrogen functional groups attached to an aromatic ring is 1. The lowest BCUT2D eigenvalue weighted by atomic mass is 10.0. The number of aryl methyl sites for hydroxylation is 1. The summed E-state index contributed by atoms with van der Waals surface area (Å²) in [6, 6.07) is 0. The summed E-state index contributed by atoms with van der Waals surface area (Å²) in [7, 11) is 0. The van der Waals surface area contributed by atoms with E-state index >= 15 is 0 Å². The first-order chi connectivity index (χ1) is 9.11. The standard InChI is InChI=1S/C12H18N6S/c1-7(2)10-11(15-6-16-12(10)18-13)14-4-9-17-8(3)5-19-9/h5-7H,4,13H2,1-3H3,(H2,14,15,16,18). The van der Waals surface area contributed by atoms with Crippen LogP contribution in [0.1, 0.15) is 36.0 Å². The maximum absolute atomic E-state index is 5.49. The van der Waals surface area contributed by atoms with E-state index in [-0.39, 0.29) is 5.92 Å². The molecule has 2 heterocycles. The Balaban J connectivity index is 2.19. The molecule has 0 amide bonds. The maximum Gasteiger partial charge on any atom is 0.148 e. The molecule has 0 bridgehead atoms. The smallest absolute Gasteiger partial charge is 0.148 e. The second-order valence-corrected chi connectivity index (χ2v) is 5.46. The van der Waals surface area contributed by atoms with Crippen LogP contribution >= 0.6 is 11.3 Å². The van der Waals surface area contributed by atoms with E-state index in [1.54, 1.807) is 11.3 Å². The SMILES string of the molecule is Cc1csc(CNc2ncnc(NN)c2C(C)C)n1. The lowest BCUT2D eigenvalue weighted by Crippen LogP contribution is -2.15. The van der Waals surface area contributed by atoms with Crippen molar-refractivity contribution in [2.45, 2.75) is 33.2 Å². The first-order valence-corrected chi connectivity index (χ1v) is 6.96. The Morgan fingerprint density at radius 1 is 1.32 bits per heavy atom. The van der Waals surface area contributed by atoms with Gasteiger partial charge < -0.3 is 10.7 Å². The van der Waals surface area contributed by atoms with E-state index in [4.69, 9.17) is 5.84 Å². The Kier molecular flexibility index (Phi) is 4.28. The third-order valence-electron chi connectivity index (χ3n) is 2.67. The van der Waals surface area contributed by atoms with Gasteiger partial charge in [0.1, 0.15) is 23.0 Å². The van der Waals surface area contributed by atoms with Crippen molar-refractivity contribution in [2.75, 3.05) is 10.7 Å². The van der Waals surface area contributed by atoms with Crippen LogP contribution < -0.4 is 16.6 Å². The Hall–Kier alpha value is -1.73. The Bertz CT molecular complexity index is 551. The van der Waals surface area contributed by atoms with E-state index in [9.17, 15) is 0 Å². The van der Waals surface area contributed by atoms with Gasteiger partial charge in [0.2, 0.25) is 0 Å². The first kappa shape index (κ1) is 13.7. The molecule has 0 aromatic carbocycles. The summed E-state index contributed by atoms with van der Waals surface area (Å²) >= 11 is 1.64. The van der Waals surface area contributed by atoms with Crippen LogP contribution in [0.2, 0.25) is 0 Å². The van der Waals surface area contributed by atoms with Crippen LogP contribution in [-0.2, 0) is 6.54 Å². The van der Waals surface area contributed by atoms with Crippen molar-refractivity contribution in [3.8, 4) is 0 Å². The Labute approximate surface area is 116 Å². The molecular weight excluding hydrogens is 260 g/mol. The summed E-state index contributed by atoms with van der Waals surface area (Å²) in [6.07, 6.45) is 1.50. The number of nitrogens with two attached hydrogens (primary N) is 1. The van der Waals surface area contributed by atoms with Gasteiger partial charge >= 0.3 is 0 Å². The van der Waals surface area contributed by atoms with Crippen LogP contribution in [0.15, 0.2) is 11.7 Å². The van der Waals surface area contributed by atoms with Crippen LogP contribution in [0.25, 0.3) is 0 Å². The molecule has 0 aliphatic carbocycles. The highest BCUT2D eigenvalue weighted by Crippen LogP contribution is 2.28. The van der Waals surface area contributed by atoms with E-state index in [2.05, 4.69) is 39.5 Å². The average Bonchev–Trinajstić information content (AvgIpc) is 2.81. The third-order valence-corrected chi connectivity index (χ3v) is 3.64. The van der Waals surface area contributed by atoms with Crippen LogP contribution in [-0.4, -0.2) is 15.0 Å². The van der Waals surface area contributed by atoms with Crippen LogP contribution in [0.4, 0.5) is 11.6 Å². The largest absolute Gasteiger partial charge is 0.363 e. The van der Waals surface area contributed by atoms with E-state index in [1.807, 2.05) is 12.3 Å². The van der Waals surface area contributed by atoms with Crippen molar-refractivity contribution in [3.63, 3.8) is 0 Å². The molecule has 6 nitrogen and oxygen atoms in total. The zero-order valence-electron chi connectivity index (χ0n) is 11.3. The molecule has 0 aliphatic heterocycles. The van der Waals surface area contributed by atoms with Gasteiger partial charge in [-0.2, -0.15) is 0 Å². The normalized spacial score (nSPS) is 10.8. The summed E-state index contributed by atoms with van der Waals surface area (Å²) in [5, 5.41) is 6.37. The lowest BCUT2D eigenvalue weighted by molar-refractivity contribution is 0.844. The van der Waals surface area contributed by atoms with E-state index in [0.717, 1.165) is 22.1 Å². The molecule has 0 saturated carbocycles. The number of nitrogens with zero attached hydrogens (tertiary/aromatic N) is 3. The van der Waals surface area contributed by atoms with Gasteiger partial charge in [-0.1, -0.05) is 13.8 Å².